The summed E-state index contributed by atoms with van der Waals surface area (Å²) in [6.45, 7) is 6.35. The Labute approximate surface area is 148 Å². The van der Waals surface area contributed by atoms with Gasteiger partial charge in [-0.15, -0.1) is 0 Å². The van der Waals surface area contributed by atoms with Crippen molar-refractivity contribution in [2.45, 2.75) is 26.7 Å². The molecule has 0 bridgehead atoms. The molecule has 1 fully saturated rings. The van der Waals surface area contributed by atoms with Crippen molar-refractivity contribution < 1.29 is 4.74 Å². The third kappa shape index (κ3) is 3.73. The van der Waals surface area contributed by atoms with E-state index in [0.717, 1.165) is 36.1 Å². The van der Waals surface area contributed by atoms with Gasteiger partial charge in [0.1, 0.15) is 11.6 Å². The predicted octanol–water partition coefficient (Wildman–Crippen LogP) is 4.43. The zero-order valence-electron chi connectivity index (χ0n) is 14.3. The van der Waals surface area contributed by atoms with Crippen molar-refractivity contribution in [1.82, 2.24) is 9.97 Å². The highest BCUT2D eigenvalue weighted by molar-refractivity contribution is 6.31. The molecule has 2 heterocycles. The molecular formula is C18H23ClN4O. The normalized spacial score (nSPS) is 15.4. The zero-order chi connectivity index (χ0) is 17.1. The summed E-state index contributed by atoms with van der Waals surface area (Å²) in [7, 11) is 1.62. The van der Waals surface area contributed by atoms with E-state index >= 15 is 0 Å². The van der Waals surface area contributed by atoms with Gasteiger partial charge in [-0.1, -0.05) is 18.5 Å². The van der Waals surface area contributed by atoms with Crippen molar-refractivity contribution in [3.8, 4) is 5.75 Å². The van der Waals surface area contributed by atoms with Crippen LogP contribution in [0.3, 0.4) is 0 Å². The first-order valence-corrected chi connectivity index (χ1v) is 8.63. The second-order valence-corrected chi connectivity index (χ2v) is 6.74. The highest BCUT2D eigenvalue weighted by Gasteiger charge is 2.17. The van der Waals surface area contributed by atoms with Gasteiger partial charge in [-0.2, -0.15) is 4.98 Å². The molecule has 0 unspecified atom stereocenters. The van der Waals surface area contributed by atoms with E-state index in [-0.39, 0.29) is 0 Å². The third-order valence-electron chi connectivity index (χ3n) is 4.48. The first-order chi connectivity index (χ1) is 11.6. The number of benzene rings is 1. The SMILES string of the molecule is COc1cc(Cl)c(C)cc1Nc1nccc(N2CCC(C)CC2)n1. The third-order valence-corrected chi connectivity index (χ3v) is 4.88. The van der Waals surface area contributed by atoms with Crippen LogP contribution in [0.15, 0.2) is 24.4 Å². The lowest BCUT2D eigenvalue weighted by atomic mass is 9.99. The smallest absolute Gasteiger partial charge is 0.229 e. The average Bonchev–Trinajstić information content (AvgIpc) is 2.59. The molecule has 1 aliphatic heterocycles. The number of methoxy groups -OCH3 is 1. The zero-order valence-corrected chi connectivity index (χ0v) is 15.1. The number of anilines is 3. The Hall–Kier alpha value is -2.01. The van der Waals surface area contributed by atoms with E-state index in [0.29, 0.717) is 16.7 Å². The number of aromatic nitrogens is 2. The van der Waals surface area contributed by atoms with E-state index in [2.05, 4.69) is 27.1 Å². The fraction of sp³-hybridized carbons (Fsp3) is 0.444. The number of hydrogen-bond donors (Lipinski definition) is 1. The van der Waals surface area contributed by atoms with E-state index in [1.165, 1.54) is 12.8 Å². The van der Waals surface area contributed by atoms with E-state index in [4.69, 9.17) is 16.3 Å². The molecule has 2 aromatic rings. The van der Waals surface area contributed by atoms with Gasteiger partial charge in [0.25, 0.3) is 0 Å². The van der Waals surface area contributed by atoms with Crippen LogP contribution >= 0.6 is 11.6 Å². The van der Waals surface area contributed by atoms with Crippen molar-refractivity contribution in [1.29, 1.82) is 0 Å². The van der Waals surface area contributed by atoms with E-state index < -0.39 is 0 Å². The predicted molar refractivity (Wildman–Crippen MR) is 98.7 cm³/mol. The molecule has 1 saturated heterocycles. The molecule has 1 aliphatic rings. The summed E-state index contributed by atoms with van der Waals surface area (Å²) in [6, 6.07) is 5.71. The fourth-order valence-corrected chi connectivity index (χ4v) is 3.03. The molecule has 1 N–H and O–H groups in total. The largest absolute Gasteiger partial charge is 0.495 e. The maximum Gasteiger partial charge on any atom is 0.229 e. The molecule has 5 nitrogen and oxygen atoms in total. The number of aryl methyl sites for hydroxylation is 1. The lowest BCUT2D eigenvalue weighted by molar-refractivity contribution is 0.416. The maximum absolute atomic E-state index is 6.16. The number of nitrogens with one attached hydrogen (secondary N) is 1. The minimum Gasteiger partial charge on any atom is -0.495 e. The Bertz CT molecular complexity index is 714. The van der Waals surface area contributed by atoms with Crippen LogP contribution < -0.4 is 15.0 Å². The Morgan fingerprint density at radius 2 is 2.04 bits per heavy atom. The first kappa shape index (κ1) is 16.8. The molecule has 128 valence electrons. The van der Waals surface area contributed by atoms with Crippen LogP contribution in [0.1, 0.15) is 25.3 Å². The fourth-order valence-electron chi connectivity index (χ4n) is 2.87. The van der Waals surface area contributed by atoms with E-state index in [9.17, 15) is 0 Å². The number of nitrogens with zero attached hydrogens (tertiary/aromatic N) is 3. The molecule has 0 radical (unpaired) electrons. The van der Waals surface area contributed by atoms with Crippen LogP contribution in [-0.4, -0.2) is 30.2 Å². The number of piperidine rings is 1. The van der Waals surface area contributed by atoms with Crippen LogP contribution in [0.2, 0.25) is 5.02 Å². The second-order valence-electron chi connectivity index (χ2n) is 6.33. The van der Waals surface area contributed by atoms with Crippen LogP contribution in [0.5, 0.6) is 5.75 Å². The standard InChI is InChI=1S/C18H23ClN4O/c1-12-5-8-23(9-6-12)17-4-7-20-18(22-17)21-15-10-13(2)14(19)11-16(15)24-3/h4,7,10-12H,5-6,8-9H2,1-3H3,(H,20,21,22). The van der Waals surface area contributed by atoms with E-state index in [1.807, 2.05) is 19.1 Å². The van der Waals surface area contributed by atoms with E-state index in [1.54, 1.807) is 19.4 Å². The molecule has 3 rings (SSSR count). The van der Waals surface area contributed by atoms with Crippen LogP contribution in [-0.2, 0) is 0 Å². The summed E-state index contributed by atoms with van der Waals surface area (Å²) >= 11 is 6.16. The highest BCUT2D eigenvalue weighted by atomic mass is 35.5. The molecule has 1 aromatic heterocycles. The molecule has 0 saturated carbocycles. The summed E-state index contributed by atoms with van der Waals surface area (Å²) < 4.78 is 5.40. The van der Waals surface area contributed by atoms with Gasteiger partial charge in [-0.25, -0.2) is 4.98 Å². The van der Waals surface area contributed by atoms with Crippen LogP contribution in [0.25, 0.3) is 0 Å². The monoisotopic (exact) mass is 346 g/mol. The van der Waals surface area contributed by atoms with Gasteiger partial charge >= 0.3 is 0 Å². The lowest BCUT2D eigenvalue weighted by Crippen LogP contribution is -2.33. The molecule has 0 aliphatic carbocycles. The lowest BCUT2D eigenvalue weighted by Gasteiger charge is -2.31. The summed E-state index contributed by atoms with van der Waals surface area (Å²) in [6.07, 6.45) is 4.20. The average molecular weight is 347 g/mol. The Kier molecular flexibility index (Phi) is 5.09. The van der Waals surface area contributed by atoms with Gasteiger partial charge in [-0.3, -0.25) is 0 Å². The highest BCUT2D eigenvalue weighted by Crippen LogP contribution is 2.32. The van der Waals surface area contributed by atoms with Gasteiger partial charge in [-0.05, 0) is 43.4 Å². The Morgan fingerprint density at radius 1 is 1.29 bits per heavy atom. The molecule has 0 amide bonds. The number of ether oxygens (including phenoxy) is 1. The minimum absolute atomic E-state index is 0.561. The summed E-state index contributed by atoms with van der Waals surface area (Å²) in [5, 5.41) is 3.92. The van der Waals surface area contributed by atoms with Gasteiger partial charge in [0.15, 0.2) is 0 Å². The summed E-state index contributed by atoms with van der Waals surface area (Å²) in [4.78, 5) is 11.3. The molecular weight excluding hydrogens is 324 g/mol. The summed E-state index contributed by atoms with van der Waals surface area (Å²) in [5.41, 5.74) is 1.78. The first-order valence-electron chi connectivity index (χ1n) is 8.26. The van der Waals surface area contributed by atoms with Gasteiger partial charge < -0.3 is 15.0 Å². The Balaban J connectivity index is 1.81. The topological polar surface area (TPSA) is 50.3 Å². The van der Waals surface area contributed by atoms with Crippen molar-refractivity contribution in [3.05, 3.63) is 35.0 Å². The molecule has 1 aromatic carbocycles. The van der Waals surface area contributed by atoms with Crippen molar-refractivity contribution in [2.24, 2.45) is 5.92 Å². The minimum atomic E-state index is 0.561. The maximum atomic E-state index is 6.16. The molecule has 0 atom stereocenters. The second kappa shape index (κ2) is 7.26. The number of halogens is 1. The quantitative estimate of drug-likeness (QED) is 0.887. The summed E-state index contributed by atoms with van der Waals surface area (Å²) in [5.74, 6) is 2.99. The Morgan fingerprint density at radius 3 is 2.75 bits per heavy atom. The van der Waals surface area contributed by atoms with Crippen molar-refractivity contribution in [3.63, 3.8) is 0 Å². The van der Waals surface area contributed by atoms with Crippen LogP contribution in [0.4, 0.5) is 17.5 Å². The van der Waals surface area contributed by atoms with Gasteiger partial charge in [0.2, 0.25) is 5.95 Å². The van der Waals surface area contributed by atoms with Crippen molar-refractivity contribution in [2.75, 3.05) is 30.4 Å². The van der Waals surface area contributed by atoms with Crippen molar-refractivity contribution >= 4 is 29.1 Å². The van der Waals surface area contributed by atoms with Gasteiger partial charge in [0.05, 0.1) is 12.8 Å². The van der Waals surface area contributed by atoms with Crippen LogP contribution in [0, 0.1) is 12.8 Å². The molecule has 0 spiro atoms. The van der Waals surface area contributed by atoms with Gasteiger partial charge in [0, 0.05) is 30.4 Å². The molecule has 24 heavy (non-hydrogen) atoms. The number of hydrogen-bond acceptors (Lipinski definition) is 5. The molecule has 6 heteroatoms. The number of rotatable bonds is 4.